The zero-order valence-electron chi connectivity index (χ0n) is 15.2. The van der Waals surface area contributed by atoms with Crippen LogP contribution < -0.4 is 5.56 Å². The smallest absolute Gasteiger partial charge is 0.267 e. The Balaban J connectivity index is 1.59. The maximum Gasteiger partial charge on any atom is 0.277 e. The van der Waals surface area contributed by atoms with Crippen molar-refractivity contribution in [3.05, 3.63) is 32.7 Å². The quantitative estimate of drug-likeness (QED) is 0.818. The van der Waals surface area contributed by atoms with E-state index in [1.165, 1.54) is 48.9 Å². The van der Waals surface area contributed by atoms with Crippen LogP contribution in [0, 0.1) is 31.6 Å². The van der Waals surface area contributed by atoms with Crippen LogP contribution in [0.1, 0.15) is 55.5 Å². The van der Waals surface area contributed by atoms with Gasteiger partial charge in [-0.1, -0.05) is 0 Å². The number of hydrogen-bond acceptors (Lipinski definition) is 4. The van der Waals surface area contributed by atoms with Gasteiger partial charge >= 0.3 is 0 Å². The van der Waals surface area contributed by atoms with Gasteiger partial charge in [-0.3, -0.25) is 4.79 Å². The Morgan fingerprint density at radius 2 is 1.72 bits per heavy atom. The van der Waals surface area contributed by atoms with Crippen LogP contribution in [0.25, 0.3) is 10.6 Å². The van der Waals surface area contributed by atoms with Crippen LogP contribution in [0.3, 0.4) is 0 Å². The minimum atomic E-state index is -0.0329. The van der Waals surface area contributed by atoms with Crippen molar-refractivity contribution in [1.82, 2.24) is 14.8 Å². The zero-order chi connectivity index (χ0) is 17.3. The van der Waals surface area contributed by atoms with Crippen molar-refractivity contribution in [2.75, 3.05) is 0 Å². The Bertz CT molecular complexity index is 875. The molecule has 0 aromatic carbocycles. The molecule has 4 aliphatic rings. The Morgan fingerprint density at radius 1 is 1.12 bits per heavy atom. The molecule has 2 heterocycles. The molecule has 4 nitrogen and oxygen atoms in total. The third kappa shape index (κ3) is 2.28. The van der Waals surface area contributed by atoms with Gasteiger partial charge in [0.15, 0.2) is 0 Å². The third-order valence-corrected chi connectivity index (χ3v) is 7.88. The first-order chi connectivity index (χ1) is 11.9. The molecule has 0 amide bonds. The number of hydrogen-bond donors (Lipinski definition) is 0. The lowest BCUT2D eigenvalue weighted by atomic mass is 9.49. The maximum atomic E-state index is 12.7. The van der Waals surface area contributed by atoms with Gasteiger partial charge in [0.05, 0.1) is 17.0 Å². The summed E-state index contributed by atoms with van der Waals surface area (Å²) in [7, 11) is 1.73. The highest BCUT2D eigenvalue weighted by atomic mass is 32.1. The molecule has 4 fully saturated rings. The van der Waals surface area contributed by atoms with Crippen LogP contribution in [0.4, 0.5) is 0 Å². The largest absolute Gasteiger partial charge is 0.277 e. The highest BCUT2D eigenvalue weighted by Gasteiger charge is 2.52. The van der Waals surface area contributed by atoms with Crippen LogP contribution in [0.5, 0.6) is 0 Å². The van der Waals surface area contributed by atoms with Crippen LogP contribution in [-0.2, 0) is 12.5 Å². The lowest BCUT2D eigenvalue weighted by Gasteiger charge is -2.56. The number of aromatic nitrogens is 3. The summed E-state index contributed by atoms with van der Waals surface area (Å²) in [4.78, 5) is 17.7. The Morgan fingerprint density at radius 3 is 2.32 bits per heavy atom. The molecule has 4 bridgehead atoms. The maximum absolute atomic E-state index is 12.7. The molecule has 25 heavy (non-hydrogen) atoms. The van der Waals surface area contributed by atoms with E-state index in [2.05, 4.69) is 10.5 Å². The topological polar surface area (TPSA) is 47.8 Å². The van der Waals surface area contributed by atoms with Crippen LogP contribution in [0.15, 0.2) is 10.2 Å². The second kappa shape index (κ2) is 5.26. The highest BCUT2D eigenvalue weighted by molar-refractivity contribution is 7.13. The summed E-state index contributed by atoms with van der Waals surface area (Å²) in [6.45, 7) is 3.96. The van der Waals surface area contributed by atoms with Crippen molar-refractivity contribution in [3.63, 3.8) is 0 Å². The summed E-state index contributed by atoms with van der Waals surface area (Å²) < 4.78 is 1.45. The molecule has 5 heteroatoms. The molecule has 6 rings (SSSR count). The van der Waals surface area contributed by atoms with E-state index in [0.717, 1.165) is 39.6 Å². The summed E-state index contributed by atoms with van der Waals surface area (Å²) in [5.74, 6) is 2.73. The lowest BCUT2D eigenvalue weighted by molar-refractivity contribution is -0.00689. The van der Waals surface area contributed by atoms with E-state index in [1.54, 1.807) is 18.4 Å². The van der Waals surface area contributed by atoms with Crippen molar-refractivity contribution in [2.24, 2.45) is 24.8 Å². The second-order valence-electron chi connectivity index (χ2n) is 8.75. The monoisotopic (exact) mass is 355 g/mol. The SMILES string of the molecule is Cc1nn(C)c(=O)c(-c2nc(C34CC5CC(CC(C5)C3)C4)cs2)c1C. The molecule has 0 atom stereocenters. The number of rotatable bonds is 2. The Labute approximate surface area is 152 Å². The average Bonchev–Trinajstić information content (AvgIpc) is 3.02. The van der Waals surface area contributed by atoms with Gasteiger partial charge in [-0.2, -0.15) is 5.10 Å². The normalized spacial score (nSPS) is 33.2. The molecular formula is C20H25N3OS. The third-order valence-electron chi connectivity index (χ3n) is 7.03. The number of nitrogens with zero attached hydrogens (tertiary/aromatic N) is 3. The fourth-order valence-electron chi connectivity index (χ4n) is 6.16. The minimum absolute atomic E-state index is 0.0329. The van der Waals surface area contributed by atoms with Crippen LogP contribution in [0.2, 0.25) is 0 Å². The van der Waals surface area contributed by atoms with Gasteiger partial charge in [0, 0.05) is 17.8 Å². The van der Waals surface area contributed by atoms with Crippen molar-refractivity contribution >= 4 is 11.3 Å². The van der Waals surface area contributed by atoms with Gasteiger partial charge in [-0.05, 0) is 75.7 Å². The second-order valence-corrected chi connectivity index (χ2v) is 9.61. The fourth-order valence-corrected chi connectivity index (χ4v) is 7.19. The summed E-state index contributed by atoms with van der Waals surface area (Å²) in [5, 5.41) is 7.43. The standard InChI is InChI=1S/C20H25N3OS/c1-11-12(2)22-23(3)19(24)17(11)18-21-16(10-25-18)20-7-13-4-14(8-20)6-15(5-13)9-20/h10,13-15H,4-9H2,1-3H3. The summed E-state index contributed by atoms with van der Waals surface area (Å²) in [5.41, 5.74) is 4.15. The predicted octanol–water partition coefficient (Wildman–Crippen LogP) is 3.99. The summed E-state index contributed by atoms with van der Waals surface area (Å²) >= 11 is 1.65. The molecule has 0 unspecified atom stereocenters. The predicted molar refractivity (Wildman–Crippen MR) is 99.9 cm³/mol. The molecule has 132 valence electrons. The van der Waals surface area contributed by atoms with E-state index in [4.69, 9.17) is 4.98 Å². The van der Waals surface area contributed by atoms with Gasteiger partial charge < -0.3 is 0 Å². The Kier molecular flexibility index (Phi) is 3.31. The first-order valence-corrected chi connectivity index (χ1v) is 10.3. The van der Waals surface area contributed by atoms with E-state index in [-0.39, 0.29) is 5.56 Å². The Hall–Kier alpha value is -1.49. The molecule has 0 radical (unpaired) electrons. The van der Waals surface area contributed by atoms with Crippen LogP contribution in [-0.4, -0.2) is 14.8 Å². The molecule has 4 saturated carbocycles. The van der Waals surface area contributed by atoms with Gasteiger partial charge in [0.1, 0.15) is 5.01 Å². The average molecular weight is 356 g/mol. The summed E-state index contributed by atoms with van der Waals surface area (Å²) in [6, 6.07) is 0. The zero-order valence-corrected chi connectivity index (χ0v) is 16.0. The van der Waals surface area contributed by atoms with Crippen molar-refractivity contribution in [3.8, 4) is 10.6 Å². The molecule has 0 aliphatic heterocycles. The minimum Gasteiger partial charge on any atom is -0.267 e. The van der Waals surface area contributed by atoms with Crippen molar-refractivity contribution in [1.29, 1.82) is 0 Å². The first-order valence-electron chi connectivity index (χ1n) is 9.46. The fraction of sp³-hybridized carbons (Fsp3) is 0.650. The summed E-state index contributed by atoms with van der Waals surface area (Å²) in [6.07, 6.45) is 8.27. The molecular weight excluding hydrogens is 330 g/mol. The lowest BCUT2D eigenvalue weighted by Crippen LogP contribution is -2.48. The van der Waals surface area contributed by atoms with Gasteiger partial charge in [0.25, 0.3) is 5.56 Å². The number of thiazole rings is 1. The van der Waals surface area contributed by atoms with Gasteiger partial charge in [0.2, 0.25) is 0 Å². The van der Waals surface area contributed by atoms with E-state index >= 15 is 0 Å². The van der Waals surface area contributed by atoms with E-state index in [1.807, 2.05) is 13.8 Å². The van der Waals surface area contributed by atoms with Gasteiger partial charge in [-0.25, -0.2) is 9.67 Å². The van der Waals surface area contributed by atoms with Gasteiger partial charge in [-0.15, -0.1) is 11.3 Å². The van der Waals surface area contributed by atoms with E-state index in [0.29, 0.717) is 5.41 Å². The number of aryl methyl sites for hydroxylation is 2. The molecule has 0 saturated heterocycles. The first kappa shape index (κ1) is 15.7. The molecule has 0 N–H and O–H groups in total. The molecule has 2 aromatic heterocycles. The van der Waals surface area contributed by atoms with Crippen molar-refractivity contribution in [2.45, 2.75) is 57.8 Å². The van der Waals surface area contributed by atoms with E-state index < -0.39 is 0 Å². The molecule has 0 spiro atoms. The van der Waals surface area contributed by atoms with Crippen LogP contribution >= 0.6 is 11.3 Å². The molecule has 4 aliphatic carbocycles. The van der Waals surface area contributed by atoms with Crippen molar-refractivity contribution < 1.29 is 0 Å². The molecule has 2 aromatic rings. The highest BCUT2D eigenvalue weighted by Crippen LogP contribution is 2.60. The van der Waals surface area contributed by atoms with E-state index in [9.17, 15) is 4.79 Å².